The maximum atomic E-state index is 10.8. The van der Waals surface area contributed by atoms with Crippen molar-refractivity contribution in [3.8, 4) is 0 Å². The minimum Gasteiger partial charge on any atom is -0.336 e. The number of anilines is 2. The maximum absolute atomic E-state index is 10.8. The van der Waals surface area contributed by atoms with Gasteiger partial charge in [0.2, 0.25) is 0 Å². The van der Waals surface area contributed by atoms with Crippen molar-refractivity contribution in [2.24, 2.45) is 0 Å². The molecule has 2 rings (SSSR count). The molecule has 2 aromatic heterocycles. The minimum atomic E-state index is -0.252. The average Bonchev–Trinajstić information content (AvgIpc) is 2.25. The zero-order valence-electron chi connectivity index (χ0n) is 7.57. The SMILES string of the molecule is O=c1ccc(Nc2cccnc2Cl)n[nH]1. The number of rotatable bonds is 2. The highest BCUT2D eigenvalue weighted by molar-refractivity contribution is 6.32. The van der Waals surface area contributed by atoms with Crippen molar-refractivity contribution in [1.29, 1.82) is 0 Å². The maximum Gasteiger partial charge on any atom is 0.264 e. The van der Waals surface area contributed by atoms with E-state index in [1.165, 1.54) is 6.07 Å². The zero-order chi connectivity index (χ0) is 10.7. The summed E-state index contributed by atoms with van der Waals surface area (Å²) in [5.74, 6) is 0.504. The van der Waals surface area contributed by atoms with Gasteiger partial charge in [-0.3, -0.25) is 4.79 Å². The molecule has 2 N–H and O–H groups in total. The number of nitrogens with zero attached hydrogens (tertiary/aromatic N) is 2. The third kappa shape index (κ3) is 2.32. The summed E-state index contributed by atoms with van der Waals surface area (Å²) in [5.41, 5.74) is 0.386. The zero-order valence-corrected chi connectivity index (χ0v) is 8.32. The molecule has 0 saturated heterocycles. The molecule has 0 spiro atoms. The topological polar surface area (TPSA) is 70.7 Å². The summed E-state index contributed by atoms with van der Waals surface area (Å²) in [6.07, 6.45) is 1.59. The lowest BCUT2D eigenvalue weighted by atomic mass is 10.4. The van der Waals surface area contributed by atoms with Crippen LogP contribution in [0, 0.1) is 0 Å². The van der Waals surface area contributed by atoms with Gasteiger partial charge in [0.15, 0.2) is 11.0 Å². The van der Waals surface area contributed by atoms with E-state index >= 15 is 0 Å². The van der Waals surface area contributed by atoms with Gasteiger partial charge in [0.1, 0.15) is 0 Å². The fraction of sp³-hybridized carbons (Fsp3) is 0. The monoisotopic (exact) mass is 222 g/mol. The van der Waals surface area contributed by atoms with E-state index in [4.69, 9.17) is 11.6 Å². The number of hydrogen-bond donors (Lipinski definition) is 2. The lowest BCUT2D eigenvalue weighted by Crippen LogP contribution is -2.07. The first-order chi connectivity index (χ1) is 7.25. The molecule has 0 bridgehead atoms. The Balaban J connectivity index is 2.26. The summed E-state index contributed by atoms with van der Waals surface area (Å²) in [6, 6.07) is 6.45. The summed E-state index contributed by atoms with van der Waals surface area (Å²) >= 11 is 5.83. The van der Waals surface area contributed by atoms with E-state index < -0.39 is 0 Å². The van der Waals surface area contributed by atoms with E-state index in [1.807, 2.05) is 0 Å². The van der Waals surface area contributed by atoms with Crippen molar-refractivity contribution in [3.05, 3.63) is 46.0 Å². The molecule has 0 fully saturated rings. The number of aromatic nitrogens is 3. The van der Waals surface area contributed by atoms with Crippen LogP contribution in [0.25, 0.3) is 0 Å². The van der Waals surface area contributed by atoms with E-state index in [0.717, 1.165) is 0 Å². The minimum absolute atomic E-state index is 0.252. The second-order valence-corrected chi connectivity index (χ2v) is 3.13. The van der Waals surface area contributed by atoms with E-state index in [2.05, 4.69) is 20.5 Å². The van der Waals surface area contributed by atoms with E-state index in [1.54, 1.807) is 24.4 Å². The Morgan fingerprint density at radius 3 is 2.87 bits per heavy atom. The summed E-state index contributed by atoms with van der Waals surface area (Å²) in [5, 5.41) is 9.36. The number of pyridine rings is 1. The molecule has 0 radical (unpaired) electrons. The Bertz CT molecular complexity index is 505. The summed E-state index contributed by atoms with van der Waals surface area (Å²) in [4.78, 5) is 14.7. The van der Waals surface area contributed by atoms with Crippen LogP contribution in [-0.4, -0.2) is 15.2 Å². The number of hydrogen-bond acceptors (Lipinski definition) is 4. The molecular weight excluding hydrogens is 216 g/mol. The summed E-state index contributed by atoms with van der Waals surface area (Å²) in [6.45, 7) is 0. The normalized spacial score (nSPS) is 9.93. The van der Waals surface area contributed by atoms with Crippen LogP contribution in [0.15, 0.2) is 35.3 Å². The quantitative estimate of drug-likeness (QED) is 0.757. The molecule has 15 heavy (non-hydrogen) atoms. The van der Waals surface area contributed by atoms with Gasteiger partial charge < -0.3 is 5.32 Å². The molecule has 0 aromatic carbocycles. The van der Waals surface area contributed by atoms with E-state index in [-0.39, 0.29) is 5.56 Å². The number of aromatic amines is 1. The molecule has 0 aliphatic rings. The average molecular weight is 223 g/mol. The Hall–Kier alpha value is -1.88. The van der Waals surface area contributed by atoms with Gasteiger partial charge in [0, 0.05) is 12.3 Å². The second kappa shape index (κ2) is 4.10. The fourth-order valence-electron chi connectivity index (χ4n) is 1.03. The molecule has 0 aliphatic heterocycles. The van der Waals surface area contributed by atoms with Crippen LogP contribution in [-0.2, 0) is 0 Å². The fourth-order valence-corrected chi connectivity index (χ4v) is 1.20. The summed E-state index contributed by atoms with van der Waals surface area (Å²) in [7, 11) is 0. The van der Waals surface area contributed by atoms with E-state index in [0.29, 0.717) is 16.7 Å². The van der Waals surface area contributed by atoms with Crippen molar-refractivity contribution < 1.29 is 0 Å². The molecular formula is C9H7ClN4O. The molecule has 2 aromatic rings. The van der Waals surface area contributed by atoms with Crippen LogP contribution < -0.4 is 10.9 Å². The van der Waals surface area contributed by atoms with Crippen molar-refractivity contribution in [1.82, 2.24) is 15.2 Å². The largest absolute Gasteiger partial charge is 0.336 e. The molecule has 5 nitrogen and oxygen atoms in total. The molecule has 0 atom stereocenters. The van der Waals surface area contributed by atoms with Gasteiger partial charge in [0.05, 0.1) is 5.69 Å². The van der Waals surface area contributed by atoms with Gasteiger partial charge in [-0.2, -0.15) is 5.10 Å². The smallest absolute Gasteiger partial charge is 0.264 e. The molecule has 0 saturated carbocycles. The number of H-pyrrole nitrogens is 1. The first-order valence-electron chi connectivity index (χ1n) is 4.19. The molecule has 0 unspecified atom stereocenters. The van der Waals surface area contributed by atoms with Crippen LogP contribution in [0.1, 0.15) is 0 Å². The Morgan fingerprint density at radius 2 is 2.20 bits per heavy atom. The van der Waals surface area contributed by atoms with E-state index in [9.17, 15) is 4.79 Å². The van der Waals surface area contributed by atoms with Gasteiger partial charge >= 0.3 is 0 Å². The van der Waals surface area contributed by atoms with Crippen LogP contribution in [0.2, 0.25) is 5.15 Å². The standard InChI is InChI=1S/C9H7ClN4O/c10-9-6(2-1-5-11-9)12-7-3-4-8(15)14-13-7/h1-5H,(H,12,13)(H,14,15). The lowest BCUT2D eigenvalue weighted by molar-refractivity contribution is 0.994. The van der Waals surface area contributed by atoms with Crippen LogP contribution >= 0.6 is 11.6 Å². The predicted molar refractivity (Wildman–Crippen MR) is 57.4 cm³/mol. The Morgan fingerprint density at radius 1 is 1.33 bits per heavy atom. The van der Waals surface area contributed by atoms with Crippen LogP contribution in [0.3, 0.4) is 0 Å². The lowest BCUT2D eigenvalue weighted by Gasteiger charge is -2.04. The van der Waals surface area contributed by atoms with Gasteiger partial charge in [-0.15, -0.1) is 0 Å². The summed E-state index contributed by atoms with van der Waals surface area (Å²) < 4.78 is 0. The molecule has 0 aliphatic carbocycles. The van der Waals surface area contributed by atoms with Crippen molar-refractivity contribution in [3.63, 3.8) is 0 Å². The highest BCUT2D eigenvalue weighted by Crippen LogP contribution is 2.20. The highest BCUT2D eigenvalue weighted by Gasteiger charge is 2.00. The second-order valence-electron chi connectivity index (χ2n) is 2.77. The van der Waals surface area contributed by atoms with Gasteiger partial charge in [-0.25, -0.2) is 10.1 Å². The number of halogens is 1. The Kier molecular flexibility index (Phi) is 2.64. The third-order valence-electron chi connectivity index (χ3n) is 1.70. The molecule has 2 heterocycles. The molecule has 6 heteroatoms. The van der Waals surface area contributed by atoms with Crippen molar-refractivity contribution >= 4 is 23.1 Å². The molecule has 0 amide bonds. The highest BCUT2D eigenvalue weighted by atomic mass is 35.5. The molecule has 76 valence electrons. The van der Waals surface area contributed by atoms with Gasteiger partial charge in [-0.05, 0) is 18.2 Å². The first kappa shape index (κ1) is 9.67. The van der Waals surface area contributed by atoms with Crippen LogP contribution in [0.5, 0.6) is 0 Å². The van der Waals surface area contributed by atoms with Crippen LogP contribution in [0.4, 0.5) is 11.5 Å². The predicted octanol–water partition coefficient (Wildman–Crippen LogP) is 1.56. The first-order valence-corrected chi connectivity index (χ1v) is 4.57. The third-order valence-corrected chi connectivity index (χ3v) is 2.00. The van der Waals surface area contributed by atoms with Gasteiger partial charge in [-0.1, -0.05) is 11.6 Å². The van der Waals surface area contributed by atoms with Gasteiger partial charge in [0.25, 0.3) is 5.56 Å². The van der Waals surface area contributed by atoms with Crippen molar-refractivity contribution in [2.75, 3.05) is 5.32 Å². The number of nitrogens with one attached hydrogen (secondary N) is 2. The Labute approximate surface area is 90.1 Å². The van der Waals surface area contributed by atoms with Crippen molar-refractivity contribution in [2.45, 2.75) is 0 Å².